The molecule has 0 aliphatic heterocycles. The first-order valence-electron chi connectivity index (χ1n) is 2.46. The fraction of sp³-hybridized carbons (Fsp3) is 0. The predicted octanol–water partition coefficient (Wildman–Crippen LogP) is -5.05. The quantitative estimate of drug-likeness (QED) is 0.317. The highest BCUT2D eigenvalue weighted by atomic mass is 35.5. The molecule has 10 heavy (non-hydrogen) atoms. The molecule has 0 bridgehead atoms. The number of hydrogen-bond donors (Lipinski definition) is 2. The van der Waals surface area contributed by atoms with Crippen LogP contribution in [-0.4, -0.2) is 15.8 Å². The summed E-state index contributed by atoms with van der Waals surface area (Å²) in [5, 5.41) is 5.18. The summed E-state index contributed by atoms with van der Waals surface area (Å²) in [6.07, 6.45) is 3.17. The van der Waals surface area contributed by atoms with Crippen LogP contribution in [0.2, 0.25) is 0 Å². The molecule has 4 N–H and O–H groups in total. The summed E-state index contributed by atoms with van der Waals surface area (Å²) in [6, 6.07) is 1.70. The normalized spacial score (nSPS) is 8.00. The molecular weight excluding hydrogens is 152 g/mol. The van der Waals surface area contributed by atoms with Gasteiger partial charge in [0.25, 0.3) is 0 Å². The van der Waals surface area contributed by atoms with E-state index in [1.165, 1.54) is 0 Å². The molecule has 0 amide bonds. The van der Waals surface area contributed by atoms with Crippen molar-refractivity contribution < 1.29 is 17.8 Å². The van der Waals surface area contributed by atoms with E-state index in [9.17, 15) is 0 Å². The van der Waals surface area contributed by atoms with Crippen LogP contribution in [0, 0.1) is 0 Å². The Labute approximate surface area is 64.4 Å². The SMILES string of the molecule is NC(=[NH2+])c1ncccn1.[Cl-]. The monoisotopic (exact) mass is 158 g/mol. The fourth-order valence-electron chi connectivity index (χ4n) is 0.448. The van der Waals surface area contributed by atoms with E-state index in [1.54, 1.807) is 18.5 Å². The van der Waals surface area contributed by atoms with Gasteiger partial charge in [-0.1, -0.05) is 0 Å². The highest BCUT2D eigenvalue weighted by Gasteiger charge is 2.00. The second kappa shape index (κ2) is 3.79. The van der Waals surface area contributed by atoms with Gasteiger partial charge < -0.3 is 12.4 Å². The Morgan fingerprint density at radius 1 is 1.40 bits per heavy atom. The lowest BCUT2D eigenvalue weighted by Gasteiger charge is -1.85. The van der Waals surface area contributed by atoms with Gasteiger partial charge in [0.15, 0.2) is 0 Å². The van der Waals surface area contributed by atoms with Crippen LogP contribution in [0.15, 0.2) is 18.5 Å². The maximum Gasteiger partial charge on any atom is 0.309 e. The molecule has 0 saturated heterocycles. The first-order chi connectivity index (χ1) is 4.30. The molecular formula is C5H7ClN4. The van der Waals surface area contributed by atoms with E-state index in [0.717, 1.165) is 0 Å². The maximum absolute atomic E-state index is 5.18. The molecule has 0 spiro atoms. The topological polar surface area (TPSA) is 77.4 Å². The van der Waals surface area contributed by atoms with Crippen LogP contribution in [0.25, 0.3) is 0 Å². The number of hydrogen-bond acceptors (Lipinski definition) is 2. The minimum Gasteiger partial charge on any atom is -1.00 e. The highest BCUT2D eigenvalue weighted by molar-refractivity contribution is 5.88. The summed E-state index contributed by atoms with van der Waals surface area (Å²) in [4.78, 5) is 7.56. The van der Waals surface area contributed by atoms with Crippen molar-refractivity contribution >= 4 is 5.84 Å². The standard InChI is InChI=1S/C5H6N4.ClH/c6-4(7)5-8-2-1-3-9-5;/h1-3H,(H3,6,7);1H. The van der Waals surface area contributed by atoms with Crippen LogP contribution in [0.4, 0.5) is 0 Å². The second-order valence-corrected chi connectivity index (χ2v) is 1.53. The molecule has 54 valence electrons. The number of amidine groups is 1. The fourth-order valence-corrected chi connectivity index (χ4v) is 0.448. The third-order valence-electron chi connectivity index (χ3n) is 0.824. The summed E-state index contributed by atoms with van der Waals surface area (Å²) in [7, 11) is 0. The molecule has 1 aromatic heterocycles. The zero-order chi connectivity index (χ0) is 6.69. The maximum atomic E-state index is 5.18. The van der Waals surface area contributed by atoms with E-state index >= 15 is 0 Å². The van der Waals surface area contributed by atoms with Crippen LogP contribution >= 0.6 is 0 Å². The van der Waals surface area contributed by atoms with E-state index in [1.807, 2.05) is 0 Å². The van der Waals surface area contributed by atoms with Gasteiger partial charge in [-0.25, -0.2) is 9.97 Å². The van der Waals surface area contributed by atoms with Crippen molar-refractivity contribution in [2.24, 2.45) is 5.73 Å². The van der Waals surface area contributed by atoms with Gasteiger partial charge in [0.05, 0.1) is 0 Å². The van der Waals surface area contributed by atoms with Crippen molar-refractivity contribution in [1.82, 2.24) is 9.97 Å². The number of nitrogens with two attached hydrogens (primary N) is 2. The van der Waals surface area contributed by atoms with Crippen molar-refractivity contribution in [3.63, 3.8) is 0 Å². The molecule has 0 fully saturated rings. The molecule has 0 unspecified atom stereocenters. The second-order valence-electron chi connectivity index (χ2n) is 1.53. The minimum absolute atomic E-state index is 0. The number of nitrogens with zero attached hydrogens (tertiary/aromatic N) is 2. The van der Waals surface area contributed by atoms with Gasteiger partial charge in [-0.3, -0.25) is 11.1 Å². The van der Waals surface area contributed by atoms with Gasteiger partial charge in [-0.05, 0) is 6.07 Å². The zero-order valence-electron chi connectivity index (χ0n) is 5.16. The van der Waals surface area contributed by atoms with Gasteiger partial charge in [0, 0.05) is 12.4 Å². The smallest absolute Gasteiger partial charge is 0.309 e. The first kappa shape index (κ1) is 8.84. The van der Waals surface area contributed by atoms with Crippen LogP contribution in [0.1, 0.15) is 5.82 Å². The van der Waals surface area contributed by atoms with Gasteiger partial charge in [-0.15, -0.1) is 0 Å². The van der Waals surface area contributed by atoms with Crippen molar-refractivity contribution in [2.45, 2.75) is 0 Å². The molecule has 1 rings (SSSR count). The summed E-state index contributed by atoms with van der Waals surface area (Å²) in [6.45, 7) is 0. The van der Waals surface area contributed by atoms with Crippen molar-refractivity contribution in [3.8, 4) is 0 Å². The molecule has 0 aliphatic carbocycles. The van der Waals surface area contributed by atoms with Gasteiger partial charge in [-0.2, -0.15) is 0 Å². The largest absolute Gasteiger partial charge is 1.00 e. The Hall–Kier alpha value is -1.16. The summed E-state index contributed by atoms with van der Waals surface area (Å²) >= 11 is 0. The summed E-state index contributed by atoms with van der Waals surface area (Å²) in [5.41, 5.74) is 5.18. The summed E-state index contributed by atoms with van der Waals surface area (Å²) in [5.74, 6) is 0.535. The molecule has 0 aliphatic rings. The van der Waals surface area contributed by atoms with Gasteiger partial charge in [0.1, 0.15) is 0 Å². The van der Waals surface area contributed by atoms with Crippen molar-refractivity contribution in [1.29, 1.82) is 0 Å². The van der Waals surface area contributed by atoms with Crippen LogP contribution in [0.5, 0.6) is 0 Å². The number of halogens is 1. The molecule has 0 aromatic carbocycles. The Kier molecular flexibility index (Phi) is 3.35. The van der Waals surface area contributed by atoms with Crippen LogP contribution in [0.3, 0.4) is 0 Å². The Bertz CT molecular complexity index is 210. The highest BCUT2D eigenvalue weighted by Crippen LogP contribution is 1.80. The Balaban J connectivity index is 0.000000810. The Morgan fingerprint density at radius 3 is 2.20 bits per heavy atom. The molecule has 0 atom stereocenters. The van der Waals surface area contributed by atoms with E-state index < -0.39 is 0 Å². The van der Waals surface area contributed by atoms with E-state index in [2.05, 4.69) is 9.97 Å². The van der Waals surface area contributed by atoms with Gasteiger partial charge >= 0.3 is 5.84 Å². The van der Waals surface area contributed by atoms with Crippen LogP contribution in [-0.2, 0) is 0 Å². The average molecular weight is 159 g/mol. The van der Waals surface area contributed by atoms with E-state index in [4.69, 9.17) is 11.1 Å². The van der Waals surface area contributed by atoms with Crippen molar-refractivity contribution in [2.75, 3.05) is 0 Å². The van der Waals surface area contributed by atoms with E-state index in [-0.39, 0.29) is 18.2 Å². The Morgan fingerprint density at radius 2 is 1.90 bits per heavy atom. The van der Waals surface area contributed by atoms with Crippen LogP contribution < -0.4 is 23.5 Å². The lowest BCUT2D eigenvalue weighted by molar-refractivity contribution is -0.114. The molecule has 4 nitrogen and oxygen atoms in total. The molecule has 0 radical (unpaired) electrons. The molecule has 1 aromatic rings. The number of rotatable bonds is 1. The lowest BCUT2D eigenvalue weighted by atomic mass is 10.5. The number of aromatic nitrogens is 2. The molecule has 0 saturated carbocycles. The average Bonchev–Trinajstić information content (AvgIpc) is 1.90. The molecule has 1 heterocycles. The summed E-state index contributed by atoms with van der Waals surface area (Å²) < 4.78 is 0. The van der Waals surface area contributed by atoms with Gasteiger partial charge in [0.2, 0.25) is 5.82 Å². The minimum atomic E-state index is 0. The first-order valence-corrected chi connectivity index (χ1v) is 2.46. The third kappa shape index (κ3) is 1.99. The molecule has 5 heteroatoms. The van der Waals surface area contributed by atoms with Crippen molar-refractivity contribution in [3.05, 3.63) is 24.3 Å². The third-order valence-corrected chi connectivity index (χ3v) is 0.824. The predicted molar refractivity (Wildman–Crippen MR) is 32.3 cm³/mol. The zero-order valence-corrected chi connectivity index (χ0v) is 5.92. The lowest BCUT2D eigenvalue weighted by Crippen LogP contribution is -3.00. The van der Waals surface area contributed by atoms with E-state index in [0.29, 0.717) is 5.82 Å².